The Morgan fingerprint density at radius 3 is 2.48 bits per heavy atom. The summed E-state index contributed by atoms with van der Waals surface area (Å²) in [6.45, 7) is 2.27. The Hall–Kier alpha value is -0.880. The van der Waals surface area contributed by atoms with Crippen LogP contribution in [0.15, 0.2) is 4.90 Å². The summed E-state index contributed by atoms with van der Waals surface area (Å²) in [6.07, 6.45) is 6.15. The van der Waals surface area contributed by atoms with E-state index < -0.39 is 0 Å². The van der Waals surface area contributed by atoms with E-state index in [1.165, 1.54) is 24.3 Å². The van der Waals surface area contributed by atoms with E-state index in [4.69, 9.17) is 5.73 Å². The second-order valence-corrected chi connectivity index (χ2v) is 8.05. The van der Waals surface area contributed by atoms with Gasteiger partial charge < -0.3 is 15.5 Å². The number of hydrogen-bond acceptors (Lipinski definition) is 5. The third-order valence-electron chi connectivity index (χ3n) is 4.70. The van der Waals surface area contributed by atoms with Gasteiger partial charge in [-0.1, -0.05) is 6.42 Å². The van der Waals surface area contributed by atoms with Crippen LogP contribution >= 0.6 is 23.1 Å². The van der Waals surface area contributed by atoms with Gasteiger partial charge in [0.1, 0.15) is 9.88 Å². The molecule has 21 heavy (non-hydrogen) atoms. The summed E-state index contributed by atoms with van der Waals surface area (Å²) >= 11 is 3.23. The van der Waals surface area contributed by atoms with Gasteiger partial charge in [-0.3, -0.25) is 4.79 Å². The molecule has 1 aromatic rings. The van der Waals surface area contributed by atoms with Crippen LogP contribution < -0.4 is 10.6 Å². The summed E-state index contributed by atoms with van der Waals surface area (Å²) in [5.41, 5.74) is 6.92. The SMILES string of the molecule is CSc1c(N2CC3CCCC3C2)sc(C(=O)N(C)C)c1N. The molecule has 2 aliphatic rings. The highest BCUT2D eigenvalue weighted by molar-refractivity contribution is 7.99. The molecule has 6 heteroatoms. The van der Waals surface area contributed by atoms with E-state index in [1.54, 1.807) is 42.1 Å². The molecule has 1 amide bonds. The predicted molar refractivity (Wildman–Crippen MR) is 91.6 cm³/mol. The van der Waals surface area contributed by atoms with Gasteiger partial charge in [0.2, 0.25) is 0 Å². The molecule has 0 bridgehead atoms. The molecule has 2 atom stereocenters. The zero-order chi connectivity index (χ0) is 15.1. The molecular weight excluding hydrogens is 302 g/mol. The second kappa shape index (κ2) is 5.72. The lowest BCUT2D eigenvalue weighted by atomic mass is 10.0. The van der Waals surface area contributed by atoms with Crippen LogP contribution in [0.5, 0.6) is 0 Å². The molecule has 0 aromatic carbocycles. The smallest absolute Gasteiger partial charge is 0.265 e. The summed E-state index contributed by atoms with van der Waals surface area (Å²) in [6, 6.07) is 0. The first-order chi connectivity index (χ1) is 10.0. The van der Waals surface area contributed by atoms with E-state index >= 15 is 0 Å². The molecule has 1 aromatic heterocycles. The van der Waals surface area contributed by atoms with Crippen LogP contribution in [0.3, 0.4) is 0 Å². The summed E-state index contributed by atoms with van der Waals surface area (Å²) in [7, 11) is 3.56. The van der Waals surface area contributed by atoms with E-state index in [-0.39, 0.29) is 5.91 Å². The molecule has 1 saturated carbocycles. The van der Waals surface area contributed by atoms with Crippen molar-refractivity contribution in [3.8, 4) is 0 Å². The van der Waals surface area contributed by atoms with E-state index in [9.17, 15) is 4.79 Å². The average Bonchev–Trinajstić information content (AvgIpc) is 3.09. The van der Waals surface area contributed by atoms with Crippen molar-refractivity contribution < 1.29 is 4.79 Å². The van der Waals surface area contributed by atoms with Gasteiger partial charge in [0.25, 0.3) is 5.91 Å². The first-order valence-corrected chi connectivity index (χ1v) is 9.50. The zero-order valence-electron chi connectivity index (χ0n) is 12.9. The number of thiophene rings is 1. The maximum absolute atomic E-state index is 12.3. The third kappa shape index (κ3) is 2.52. The van der Waals surface area contributed by atoms with E-state index in [2.05, 4.69) is 4.90 Å². The van der Waals surface area contributed by atoms with Crippen LogP contribution in [0.25, 0.3) is 0 Å². The minimum absolute atomic E-state index is 0.0124. The fraction of sp³-hybridized carbons (Fsp3) is 0.667. The van der Waals surface area contributed by atoms with Crippen molar-refractivity contribution in [3.63, 3.8) is 0 Å². The number of nitrogens with zero attached hydrogens (tertiary/aromatic N) is 2. The van der Waals surface area contributed by atoms with Gasteiger partial charge in [0.15, 0.2) is 0 Å². The molecule has 2 unspecified atom stereocenters. The molecule has 4 nitrogen and oxygen atoms in total. The van der Waals surface area contributed by atoms with Crippen molar-refractivity contribution in [2.45, 2.75) is 24.2 Å². The summed E-state index contributed by atoms with van der Waals surface area (Å²) in [4.78, 5) is 18.1. The maximum Gasteiger partial charge on any atom is 0.265 e. The molecular formula is C15H23N3OS2. The van der Waals surface area contributed by atoms with Crippen LogP contribution in [0.2, 0.25) is 0 Å². The number of nitrogen functional groups attached to an aromatic ring is 1. The molecule has 2 fully saturated rings. The van der Waals surface area contributed by atoms with E-state index in [0.717, 1.165) is 29.8 Å². The summed E-state index contributed by atoms with van der Waals surface area (Å²) < 4.78 is 0. The number of anilines is 2. The Labute approximate surface area is 134 Å². The van der Waals surface area contributed by atoms with Crippen molar-refractivity contribution in [1.82, 2.24) is 4.90 Å². The number of nitrogens with two attached hydrogens (primary N) is 1. The molecule has 0 spiro atoms. The van der Waals surface area contributed by atoms with Gasteiger partial charge in [0.05, 0.1) is 10.6 Å². The van der Waals surface area contributed by atoms with E-state index in [0.29, 0.717) is 10.6 Å². The molecule has 2 N–H and O–H groups in total. The third-order valence-corrected chi connectivity index (χ3v) is 6.91. The van der Waals surface area contributed by atoms with Crippen molar-refractivity contribution in [1.29, 1.82) is 0 Å². The first kappa shape index (κ1) is 15.0. The van der Waals surface area contributed by atoms with Gasteiger partial charge in [-0.05, 0) is 30.9 Å². The number of carbonyl (C=O) groups excluding carboxylic acids is 1. The lowest BCUT2D eigenvalue weighted by molar-refractivity contribution is 0.0833. The fourth-order valence-electron chi connectivity index (χ4n) is 3.58. The molecule has 1 saturated heterocycles. The van der Waals surface area contributed by atoms with Gasteiger partial charge in [-0.25, -0.2) is 0 Å². The molecule has 2 heterocycles. The first-order valence-electron chi connectivity index (χ1n) is 7.45. The summed E-state index contributed by atoms with van der Waals surface area (Å²) in [5.74, 6) is 1.70. The van der Waals surface area contributed by atoms with Gasteiger partial charge in [0, 0.05) is 27.2 Å². The molecule has 116 valence electrons. The predicted octanol–water partition coefficient (Wildman–Crippen LogP) is 2.99. The Bertz CT molecular complexity index is 543. The quantitative estimate of drug-likeness (QED) is 0.868. The van der Waals surface area contributed by atoms with Crippen LogP contribution in [-0.2, 0) is 0 Å². The average molecular weight is 326 g/mol. The Balaban J connectivity index is 1.92. The standard InChI is InChI=1S/C15H23N3OS2/c1-17(2)14(19)12-11(16)13(20-3)15(21-12)18-7-9-5-4-6-10(9)8-18/h9-10H,4-8,16H2,1-3H3. The number of amides is 1. The minimum atomic E-state index is 0.0124. The van der Waals surface area contributed by atoms with Crippen molar-refractivity contribution in [2.24, 2.45) is 11.8 Å². The molecule has 1 aliphatic heterocycles. The lowest BCUT2D eigenvalue weighted by Gasteiger charge is -2.19. The monoisotopic (exact) mass is 325 g/mol. The fourth-order valence-corrected chi connectivity index (χ4v) is 5.81. The van der Waals surface area contributed by atoms with Gasteiger partial charge in [-0.15, -0.1) is 23.1 Å². The number of fused-ring (bicyclic) bond motifs is 1. The molecule has 0 radical (unpaired) electrons. The number of hydrogen-bond donors (Lipinski definition) is 1. The molecule has 3 rings (SSSR count). The van der Waals surface area contributed by atoms with Crippen molar-refractivity contribution in [2.75, 3.05) is 44.1 Å². The van der Waals surface area contributed by atoms with Crippen molar-refractivity contribution >= 4 is 39.7 Å². The highest BCUT2D eigenvalue weighted by Crippen LogP contribution is 2.48. The Morgan fingerprint density at radius 2 is 1.95 bits per heavy atom. The topological polar surface area (TPSA) is 49.6 Å². The largest absolute Gasteiger partial charge is 0.396 e. The maximum atomic E-state index is 12.3. The van der Waals surface area contributed by atoms with Crippen LogP contribution in [0.4, 0.5) is 10.7 Å². The normalized spacial score (nSPS) is 24.4. The highest BCUT2D eigenvalue weighted by Gasteiger charge is 2.38. The van der Waals surface area contributed by atoms with Crippen LogP contribution in [0.1, 0.15) is 28.9 Å². The lowest BCUT2D eigenvalue weighted by Crippen LogP contribution is -2.21. The zero-order valence-corrected chi connectivity index (χ0v) is 14.5. The Kier molecular flexibility index (Phi) is 4.10. The Morgan fingerprint density at radius 1 is 1.33 bits per heavy atom. The van der Waals surface area contributed by atoms with E-state index in [1.807, 2.05) is 6.26 Å². The highest BCUT2D eigenvalue weighted by atomic mass is 32.2. The minimum Gasteiger partial charge on any atom is -0.396 e. The van der Waals surface area contributed by atoms with Gasteiger partial charge >= 0.3 is 0 Å². The molecule has 1 aliphatic carbocycles. The van der Waals surface area contributed by atoms with Crippen LogP contribution in [-0.4, -0.2) is 44.2 Å². The summed E-state index contributed by atoms with van der Waals surface area (Å²) in [5, 5.41) is 1.21. The number of rotatable bonds is 3. The number of carbonyl (C=O) groups is 1. The van der Waals surface area contributed by atoms with Crippen LogP contribution in [0, 0.1) is 11.8 Å². The van der Waals surface area contributed by atoms with Gasteiger partial charge in [-0.2, -0.15) is 0 Å². The van der Waals surface area contributed by atoms with Crippen molar-refractivity contribution in [3.05, 3.63) is 4.88 Å². The second-order valence-electron chi connectivity index (χ2n) is 6.24. The number of thioether (sulfide) groups is 1.